The van der Waals surface area contributed by atoms with E-state index in [4.69, 9.17) is 15.2 Å². The largest absolute Gasteiger partial charge is 0.488 e. The molecule has 0 saturated carbocycles. The van der Waals surface area contributed by atoms with Crippen LogP contribution in [0.3, 0.4) is 0 Å². The molecule has 0 bridgehead atoms. The Morgan fingerprint density at radius 1 is 1.23 bits per heavy atom. The molecule has 1 atom stereocenters. The summed E-state index contributed by atoms with van der Waals surface area (Å²) in [6.45, 7) is 2.18. The van der Waals surface area contributed by atoms with E-state index < -0.39 is 12.2 Å². The monoisotopic (exact) mass is 414 g/mol. The van der Waals surface area contributed by atoms with Crippen molar-refractivity contribution in [3.8, 4) is 5.75 Å². The molecule has 134 valence electrons. The molecule has 0 spiro atoms. The molecule has 1 amide bonds. The molecule has 3 aromatic rings. The summed E-state index contributed by atoms with van der Waals surface area (Å²) in [5.41, 5.74) is 8.18. The van der Waals surface area contributed by atoms with Gasteiger partial charge in [-0.3, -0.25) is 4.98 Å². The number of aromatic nitrogens is 1. The van der Waals surface area contributed by atoms with E-state index in [0.717, 1.165) is 26.5 Å². The third-order valence-electron chi connectivity index (χ3n) is 4.00. The predicted molar refractivity (Wildman–Crippen MR) is 104 cm³/mol. The summed E-state index contributed by atoms with van der Waals surface area (Å²) >= 11 is 3.59. The maximum atomic E-state index is 11.2. The third kappa shape index (κ3) is 4.32. The third-order valence-corrected chi connectivity index (χ3v) is 4.81. The number of nitrogens with zero attached hydrogens (tertiary/aromatic N) is 1. The summed E-state index contributed by atoms with van der Waals surface area (Å²) in [5.74, 6) is 0.675. The first-order valence-electron chi connectivity index (χ1n) is 8.21. The van der Waals surface area contributed by atoms with Crippen LogP contribution in [0.25, 0.3) is 10.9 Å². The first-order valence-corrected chi connectivity index (χ1v) is 9.00. The fraction of sp³-hybridized carbons (Fsp3) is 0.200. The van der Waals surface area contributed by atoms with Gasteiger partial charge in [0.1, 0.15) is 18.5 Å². The second kappa shape index (κ2) is 8.19. The maximum Gasteiger partial charge on any atom is 0.404 e. The average molecular weight is 415 g/mol. The summed E-state index contributed by atoms with van der Waals surface area (Å²) in [4.78, 5) is 15.6. The van der Waals surface area contributed by atoms with Gasteiger partial charge in [-0.05, 0) is 52.2 Å². The molecule has 0 fully saturated rings. The van der Waals surface area contributed by atoms with Crippen molar-refractivity contribution in [3.63, 3.8) is 0 Å². The zero-order valence-electron chi connectivity index (χ0n) is 14.3. The fourth-order valence-corrected chi connectivity index (χ4v) is 3.37. The highest BCUT2D eigenvalue weighted by Crippen LogP contribution is 2.34. The Kier molecular flexibility index (Phi) is 5.73. The number of primary amides is 1. The summed E-state index contributed by atoms with van der Waals surface area (Å²) in [5, 5.41) is 0.970. The summed E-state index contributed by atoms with van der Waals surface area (Å²) in [7, 11) is 0. The van der Waals surface area contributed by atoms with Crippen LogP contribution in [0.2, 0.25) is 0 Å². The number of ether oxygens (including phenoxy) is 2. The van der Waals surface area contributed by atoms with Crippen LogP contribution in [0.5, 0.6) is 5.75 Å². The van der Waals surface area contributed by atoms with Crippen molar-refractivity contribution in [3.05, 3.63) is 70.3 Å². The summed E-state index contributed by atoms with van der Waals surface area (Å²) < 4.78 is 12.0. The van der Waals surface area contributed by atoms with Crippen molar-refractivity contribution in [1.82, 2.24) is 4.98 Å². The average Bonchev–Trinajstić information content (AvgIpc) is 2.64. The lowest BCUT2D eigenvalue weighted by atomic mass is 10.1. The van der Waals surface area contributed by atoms with Gasteiger partial charge >= 0.3 is 6.09 Å². The van der Waals surface area contributed by atoms with Crippen molar-refractivity contribution < 1.29 is 14.3 Å². The summed E-state index contributed by atoms with van der Waals surface area (Å²) in [6, 6.07) is 15.5. The fourth-order valence-electron chi connectivity index (χ4n) is 2.82. The molecule has 1 aromatic heterocycles. The summed E-state index contributed by atoms with van der Waals surface area (Å²) in [6.07, 6.45) is 0.994. The molecule has 1 heterocycles. The topological polar surface area (TPSA) is 74.4 Å². The van der Waals surface area contributed by atoms with E-state index in [2.05, 4.69) is 20.9 Å². The number of carbonyl (C=O) groups is 1. The first kappa shape index (κ1) is 18.2. The number of rotatable bonds is 6. The van der Waals surface area contributed by atoms with E-state index in [0.29, 0.717) is 12.2 Å². The van der Waals surface area contributed by atoms with Gasteiger partial charge in [0.2, 0.25) is 0 Å². The van der Waals surface area contributed by atoms with Crippen molar-refractivity contribution in [2.75, 3.05) is 6.61 Å². The second-order valence-corrected chi connectivity index (χ2v) is 6.76. The van der Waals surface area contributed by atoms with E-state index in [9.17, 15) is 4.79 Å². The number of benzene rings is 2. The lowest BCUT2D eigenvalue weighted by Crippen LogP contribution is -2.30. The Bertz CT molecular complexity index is 916. The van der Waals surface area contributed by atoms with E-state index >= 15 is 0 Å². The van der Waals surface area contributed by atoms with Crippen molar-refractivity contribution in [2.24, 2.45) is 5.73 Å². The zero-order chi connectivity index (χ0) is 18.5. The van der Waals surface area contributed by atoms with Crippen LogP contribution in [-0.4, -0.2) is 23.8 Å². The van der Waals surface area contributed by atoms with Gasteiger partial charge in [-0.2, -0.15) is 0 Å². The van der Waals surface area contributed by atoms with Crippen molar-refractivity contribution in [1.29, 1.82) is 0 Å². The molecule has 6 heteroatoms. The molecule has 0 aliphatic rings. The van der Waals surface area contributed by atoms with E-state index in [-0.39, 0.29) is 6.61 Å². The molecule has 0 saturated heterocycles. The highest BCUT2D eigenvalue weighted by atomic mass is 79.9. The van der Waals surface area contributed by atoms with Crippen LogP contribution in [0.1, 0.15) is 11.1 Å². The number of pyridine rings is 1. The van der Waals surface area contributed by atoms with Gasteiger partial charge in [0.05, 0.1) is 9.99 Å². The Morgan fingerprint density at radius 3 is 2.73 bits per heavy atom. The number of fused-ring (bicyclic) bond motifs is 1. The van der Waals surface area contributed by atoms with Gasteiger partial charge in [0.15, 0.2) is 0 Å². The molecule has 2 N–H and O–H groups in total. The molecule has 0 aliphatic carbocycles. The quantitative estimate of drug-likeness (QED) is 0.648. The second-order valence-electron chi connectivity index (χ2n) is 5.96. The molecule has 0 radical (unpaired) electrons. The number of amides is 1. The number of hydrogen-bond donors (Lipinski definition) is 1. The molecule has 0 unspecified atom stereocenters. The molecule has 26 heavy (non-hydrogen) atoms. The normalized spacial score (nSPS) is 11.9. The lowest BCUT2D eigenvalue weighted by molar-refractivity contribution is 0.0716. The Balaban J connectivity index is 1.79. The highest BCUT2D eigenvalue weighted by Gasteiger charge is 2.17. The minimum Gasteiger partial charge on any atom is -0.488 e. The van der Waals surface area contributed by atoms with Crippen LogP contribution >= 0.6 is 15.9 Å². The minimum absolute atomic E-state index is 0.196. The van der Waals surface area contributed by atoms with Gasteiger partial charge in [0.25, 0.3) is 0 Å². The SMILES string of the molecule is Cc1cc(OC[C@@H](Cc2ccccc2)OC(N)=O)c(Br)c2cccnc12. The highest BCUT2D eigenvalue weighted by molar-refractivity contribution is 9.10. The van der Waals surface area contributed by atoms with E-state index in [1.54, 1.807) is 6.20 Å². The lowest BCUT2D eigenvalue weighted by Gasteiger charge is -2.19. The maximum absolute atomic E-state index is 11.2. The zero-order valence-corrected chi connectivity index (χ0v) is 15.9. The molecule has 5 nitrogen and oxygen atoms in total. The number of aryl methyl sites for hydroxylation is 1. The molecule has 0 aliphatic heterocycles. The number of nitrogens with two attached hydrogens (primary N) is 1. The van der Waals surface area contributed by atoms with Crippen LogP contribution in [0.15, 0.2) is 59.2 Å². The van der Waals surface area contributed by atoms with Crippen LogP contribution < -0.4 is 10.5 Å². The van der Waals surface area contributed by atoms with Crippen LogP contribution in [0, 0.1) is 6.92 Å². The number of halogens is 1. The molecular weight excluding hydrogens is 396 g/mol. The molecular formula is C20H19BrN2O3. The van der Waals surface area contributed by atoms with Gasteiger partial charge in [0, 0.05) is 18.0 Å². The van der Waals surface area contributed by atoms with Gasteiger partial charge in [-0.25, -0.2) is 4.79 Å². The van der Waals surface area contributed by atoms with Crippen molar-refractivity contribution in [2.45, 2.75) is 19.4 Å². The van der Waals surface area contributed by atoms with Crippen LogP contribution in [0.4, 0.5) is 4.79 Å². The Labute approximate surface area is 160 Å². The van der Waals surface area contributed by atoms with E-state index in [1.807, 2.05) is 55.5 Å². The minimum atomic E-state index is -0.813. The van der Waals surface area contributed by atoms with Gasteiger partial charge in [-0.1, -0.05) is 30.3 Å². The Hall–Kier alpha value is -2.60. The van der Waals surface area contributed by atoms with Gasteiger partial charge in [-0.15, -0.1) is 0 Å². The van der Waals surface area contributed by atoms with E-state index in [1.165, 1.54) is 0 Å². The molecule has 2 aromatic carbocycles. The molecule has 3 rings (SSSR count). The standard InChI is InChI=1S/C20H19BrN2O3/c1-13-10-17(18(21)16-8-5-9-23-19(13)16)25-12-15(26-20(22)24)11-14-6-3-2-4-7-14/h2-10,15H,11-12H2,1H3,(H2,22,24)/t15-/m1/s1. The Morgan fingerprint density at radius 2 is 2.00 bits per heavy atom. The number of hydrogen-bond acceptors (Lipinski definition) is 4. The van der Waals surface area contributed by atoms with Gasteiger partial charge < -0.3 is 15.2 Å². The predicted octanol–water partition coefficient (Wildman–Crippen LogP) is 4.39. The van der Waals surface area contributed by atoms with Crippen LogP contribution in [-0.2, 0) is 11.2 Å². The number of carbonyl (C=O) groups excluding carboxylic acids is 1. The smallest absolute Gasteiger partial charge is 0.404 e. The first-order chi connectivity index (χ1) is 12.5. The van der Waals surface area contributed by atoms with Crippen molar-refractivity contribution >= 4 is 32.9 Å².